The summed E-state index contributed by atoms with van der Waals surface area (Å²) in [4.78, 5) is 13.8. The van der Waals surface area contributed by atoms with Crippen LogP contribution >= 0.6 is 0 Å². The van der Waals surface area contributed by atoms with E-state index in [4.69, 9.17) is 4.42 Å². The molecule has 1 heterocycles. The second-order valence-corrected chi connectivity index (χ2v) is 9.32. The summed E-state index contributed by atoms with van der Waals surface area (Å²) in [6, 6.07) is 26.7. The lowest BCUT2D eigenvalue weighted by Gasteiger charge is -2.36. The second kappa shape index (κ2) is 11.2. The SMILES string of the molecule is O=C(NC(Cc1ccccc1)(c1cccc(OC(F)(F)F)c1)c1cccc(OC(F)(F)F)c1)c1cc2ccccc2o1. The van der Waals surface area contributed by atoms with Crippen molar-refractivity contribution >= 4 is 16.9 Å². The largest absolute Gasteiger partial charge is 0.573 e. The third-order valence-corrected chi connectivity index (χ3v) is 6.41. The van der Waals surface area contributed by atoms with Crippen LogP contribution in [0.5, 0.6) is 11.5 Å². The van der Waals surface area contributed by atoms with Crippen molar-refractivity contribution in [2.24, 2.45) is 0 Å². The van der Waals surface area contributed by atoms with E-state index in [0.717, 1.165) is 24.3 Å². The van der Waals surface area contributed by atoms with Gasteiger partial charge in [0.1, 0.15) is 17.1 Å². The van der Waals surface area contributed by atoms with Gasteiger partial charge in [0.2, 0.25) is 0 Å². The van der Waals surface area contributed by atoms with Crippen LogP contribution in [0.15, 0.2) is 114 Å². The number of hydrogen-bond acceptors (Lipinski definition) is 4. The Morgan fingerprint density at radius 1 is 0.667 bits per heavy atom. The van der Waals surface area contributed by atoms with E-state index in [2.05, 4.69) is 14.8 Å². The lowest BCUT2D eigenvalue weighted by atomic mass is 9.77. The summed E-state index contributed by atoms with van der Waals surface area (Å²) >= 11 is 0. The summed E-state index contributed by atoms with van der Waals surface area (Å²) in [5.74, 6) is -2.04. The monoisotopic (exact) mass is 585 g/mol. The van der Waals surface area contributed by atoms with Gasteiger partial charge in [-0.3, -0.25) is 4.79 Å². The molecule has 5 nitrogen and oxygen atoms in total. The minimum atomic E-state index is -5.02. The Balaban J connectivity index is 1.71. The molecule has 1 N–H and O–H groups in total. The fourth-order valence-corrected chi connectivity index (χ4v) is 4.73. The van der Waals surface area contributed by atoms with Crippen molar-refractivity contribution in [1.82, 2.24) is 5.32 Å². The highest BCUT2D eigenvalue weighted by Gasteiger charge is 2.40. The predicted octanol–water partition coefficient (Wildman–Crippen LogP) is 8.15. The van der Waals surface area contributed by atoms with Crippen LogP contribution in [0.3, 0.4) is 0 Å². The first-order valence-electron chi connectivity index (χ1n) is 12.5. The van der Waals surface area contributed by atoms with Crippen LogP contribution in [0.25, 0.3) is 11.0 Å². The Labute approximate surface area is 235 Å². The number of halogens is 6. The van der Waals surface area contributed by atoms with E-state index in [-0.39, 0.29) is 23.3 Å². The average molecular weight is 586 g/mol. The van der Waals surface area contributed by atoms with Gasteiger partial charge in [-0.2, -0.15) is 0 Å². The smallest absolute Gasteiger partial charge is 0.451 e. The number of hydrogen-bond donors (Lipinski definition) is 1. The van der Waals surface area contributed by atoms with Crippen LogP contribution < -0.4 is 14.8 Å². The first-order chi connectivity index (χ1) is 19.9. The molecule has 0 unspecified atom stereocenters. The molecule has 0 fully saturated rings. The van der Waals surface area contributed by atoms with E-state index in [9.17, 15) is 31.1 Å². The van der Waals surface area contributed by atoms with Crippen molar-refractivity contribution in [3.8, 4) is 11.5 Å². The van der Waals surface area contributed by atoms with Crippen LogP contribution in [-0.4, -0.2) is 18.6 Å². The maximum atomic E-state index is 13.8. The molecule has 0 aliphatic carbocycles. The van der Waals surface area contributed by atoms with Gasteiger partial charge in [-0.1, -0.05) is 72.8 Å². The Kier molecular flexibility index (Phi) is 7.59. The number of furan rings is 1. The molecule has 5 aromatic rings. The first kappa shape index (κ1) is 28.6. The molecule has 1 aromatic heterocycles. The van der Waals surface area contributed by atoms with Gasteiger partial charge in [-0.25, -0.2) is 0 Å². The van der Waals surface area contributed by atoms with Crippen LogP contribution in [0, 0.1) is 0 Å². The highest BCUT2D eigenvalue weighted by Crippen LogP contribution is 2.39. The van der Waals surface area contributed by atoms with E-state index in [1.54, 1.807) is 54.6 Å². The topological polar surface area (TPSA) is 60.7 Å². The number of alkyl halides is 6. The normalized spacial score (nSPS) is 12.2. The summed E-state index contributed by atoms with van der Waals surface area (Å²) < 4.78 is 92.9. The summed E-state index contributed by atoms with van der Waals surface area (Å²) in [6.45, 7) is 0. The quantitative estimate of drug-likeness (QED) is 0.187. The van der Waals surface area contributed by atoms with Gasteiger partial charge >= 0.3 is 12.7 Å². The molecule has 0 radical (unpaired) electrons. The Hall–Kier alpha value is -4.93. The lowest BCUT2D eigenvalue weighted by molar-refractivity contribution is -0.275. The van der Waals surface area contributed by atoms with E-state index in [1.165, 1.54) is 30.3 Å². The van der Waals surface area contributed by atoms with Gasteiger partial charge in [0.05, 0.1) is 5.54 Å². The molecule has 1 amide bonds. The third-order valence-electron chi connectivity index (χ3n) is 6.41. The molecule has 42 heavy (non-hydrogen) atoms. The molecule has 0 bridgehead atoms. The second-order valence-electron chi connectivity index (χ2n) is 9.32. The minimum absolute atomic E-state index is 0.0786. The molecule has 0 saturated carbocycles. The Morgan fingerprint density at radius 3 is 1.76 bits per heavy atom. The number of nitrogens with one attached hydrogen (secondary N) is 1. The minimum Gasteiger partial charge on any atom is -0.451 e. The lowest BCUT2D eigenvalue weighted by Crippen LogP contribution is -2.48. The van der Waals surface area contributed by atoms with E-state index in [1.807, 2.05) is 0 Å². The van der Waals surface area contributed by atoms with Crippen LogP contribution in [0.2, 0.25) is 0 Å². The molecule has 0 aliphatic rings. The number of carbonyl (C=O) groups excluding carboxylic acids is 1. The van der Waals surface area contributed by atoms with Crippen molar-refractivity contribution < 1.29 is 45.0 Å². The molecule has 11 heteroatoms. The van der Waals surface area contributed by atoms with Crippen molar-refractivity contribution in [3.63, 3.8) is 0 Å². The molecule has 5 rings (SSSR count). The molecular formula is C31H21F6NO4. The summed E-state index contributed by atoms with van der Waals surface area (Å²) in [7, 11) is 0. The van der Waals surface area contributed by atoms with Gasteiger partial charge in [0, 0.05) is 11.8 Å². The highest BCUT2D eigenvalue weighted by atomic mass is 19.4. The number of para-hydroxylation sites is 1. The highest BCUT2D eigenvalue weighted by molar-refractivity contribution is 5.96. The maximum Gasteiger partial charge on any atom is 0.573 e. The number of carbonyl (C=O) groups is 1. The van der Waals surface area contributed by atoms with Crippen LogP contribution in [0.4, 0.5) is 26.3 Å². The van der Waals surface area contributed by atoms with Gasteiger partial charge < -0.3 is 19.2 Å². The third kappa shape index (κ3) is 6.68. The molecule has 0 saturated heterocycles. The number of amides is 1. The van der Waals surface area contributed by atoms with E-state index in [0.29, 0.717) is 16.5 Å². The number of benzene rings is 4. The zero-order valence-corrected chi connectivity index (χ0v) is 21.5. The van der Waals surface area contributed by atoms with Crippen molar-refractivity contribution in [3.05, 3.63) is 132 Å². The van der Waals surface area contributed by atoms with Crippen LogP contribution in [-0.2, 0) is 12.0 Å². The Bertz CT molecular complexity index is 1600. The molecule has 0 aliphatic heterocycles. The molecule has 0 spiro atoms. The van der Waals surface area contributed by atoms with Gasteiger partial charge in [-0.05, 0) is 53.1 Å². The molecular weight excluding hydrogens is 564 g/mol. The first-order valence-corrected chi connectivity index (χ1v) is 12.5. The van der Waals surface area contributed by atoms with Gasteiger partial charge in [-0.15, -0.1) is 26.3 Å². The zero-order chi connectivity index (χ0) is 30.0. The van der Waals surface area contributed by atoms with Crippen molar-refractivity contribution in [2.75, 3.05) is 0 Å². The standard InChI is InChI=1S/C31H21F6NO4/c32-30(33,34)41-24-13-6-11-22(17-24)29(19-20-8-2-1-3-9-20,23-12-7-14-25(18-23)42-31(35,36)37)38-28(39)27-16-21-10-4-5-15-26(21)40-27/h1-18H,19H2,(H,38,39). The predicted molar refractivity (Wildman–Crippen MR) is 141 cm³/mol. The molecule has 216 valence electrons. The summed E-state index contributed by atoms with van der Waals surface area (Å²) in [6.07, 6.45) is -10.1. The van der Waals surface area contributed by atoms with Gasteiger partial charge in [0.15, 0.2) is 5.76 Å². The van der Waals surface area contributed by atoms with Crippen molar-refractivity contribution in [2.45, 2.75) is 24.7 Å². The molecule has 4 aromatic carbocycles. The van der Waals surface area contributed by atoms with E-state index < -0.39 is 35.7 Å². The number of ether oxygens (including phenoxy) is 2. The Morgan fingerprint density at radius 2 is 1.21 bits per heavy atom. The maximum absolute atomic E-state index is 13.8. The number of fused-ring (bicyclic) bond motifs is 1. The zero-order valence-electron chi connectivity index (χ0n) is 21.5. The van der Waals surface area contributed by atoms with Gasteiger partial charge in [0.25, 0.3) is 5.91 Å². The average Bonchev–Trinajstić information content (AvgIpc) is 3.36. The fraction of sp³-hybridized carbons (Fsp3) is 0.129. The molecule has 0 atom stereocenters. The number of rotatable bonds is 8. The van der Waals surface area contributed by atoms with E-state index >= 15 is 0 Å². The summed E-state index contributed by atoms with van der Waals surface area (Å²) in [5.41, 5.74) is -0.500. The van der Waals surface area contributed by atoms with Crippen molar-refractivity contribution in [1.29, 1.82) is 0 Å². The van der Waals surface area contributed by atoms with Crippen LogP contribution in [0.1, 0.15) is 27.2 Å². The fourth-order valence-electron chi connectivity index (χ4n) is 4.73. The summed E-state index contributed by atoms with van der Waals surface area (Å²) in [5, 5.41) is 3.49.